The molecule has 0 aromatic rings. The van der Waals surface area contributed by atoms with E-state index in [4.69, 9.17) is 33.5 Å². The molecule has 2 unspecified atom stereocenters. The quantitative estimate of drug-likeness (QED) is 0.0273. The molecule has 0 aliphatic rings. The fourth-order valence-corrected chi connectivity index (χ4v) is 5.75. The van der Waals surface area contributed by atoms with Crippen LogP contribution in [0.25, 0.3) is 0 Å². The van der Waals surface area contributed by atoms with Gasteiger partial charge in [0.15, 0.2) is 0 Å². The molecule has 0 saturated carbocycles. The maximum absolute atomic E-state index is 12.6. The van der Waals surface area contributed by atoms with Crippen LogP contribution in [0.1, 0.15) is 175 Å². The van der Waals surface area contributed by atoms with E-state index in [9.17, 15) is 33.6 Å². The van der Waals surface area contributed by atoms with Crippen molar-refractivity contribution in [1.82, 2.24) is 0 Å². The first kappa shape index (κ1) is 52.3. The van der Waals surface area contributed by atoms with E-state index in [0.717, 1.165) is 70.6 Å². The Balaban J connectivity index is 4.52. The summed E-state index contributed by atoms with van der Waals surface area (Å²) in [5.41, 5.74) is -1.70. The summed E-state index contributed by atoms with van der Waals surface area (Å²) in [4.78, 5) is 82.9. The standard InChI is InChI=1S/C42H72O14/c1-5-8-9-10-14-19-24-37(47)53-30-41(6-2,28-51-34-43)31-54-38(48)25-21-16-12-17-22-27-40(50)56-33-42(7-3,29-52-35(4)44)32-55-39(49)26-20-15-11-13-18-23-36(45)46/h34H,5-33H2,1-4H3,(H,45,46). The van der Waals surface area contributed by atoms with Gasteiger partial charge in [-0.2, -0.15) is 0 Å². The Morgan fingerprint density at radius 1 is 0.446 bits per heavy atom. The van der Waals surface area contributed by atoms with Crippen LogP contribution in [-0.4, -0.2) is 87.0 Å². The second-order valence-electron chi connectivity index (χ2n) is 15.0. The first-order valence-corrected chi connectivity index (χ1v) is 20.9. The van der Waals surface area contributed by atoms with Gasteiger partial charge in [0.2, 0.25) is 0 Å². The number of carbonyl (C=O) groups is 7. The first-order chi connectivity index (χ1) is 26.9. The van der Waals surface area contributed by atoms with Crippen molar-refractivity contribution >= 4 is 42.3 Å². The Hall–Kier alpha value is -3.71. The molecule has 0 fully saturated rings. The molecular weight excluding hydrogens is 728 g/mol. The number of hydrogen-bond acceptors (Lipinski definition) is 13. The highest BCUT2D eigenvalue weighted by atomic mass is 16.6. The van der Waals surface area contributed by atoms with Crippen molar-refractivity contribution in [3.05, 3.63) is 0 Å². The summed E-state index contributed by atoms with van der Waals surface area (Å²) >= 11 is 0. The Morgan fingerprint density at radius 2 is 0.750 bits per heavy atom. The van der Waals surface area contributed by atoms with Gasteiger partial charge in [0, 0.05) is 39.0 Å². The van der Waals surface area contributed by atoms with E-state index in [1.165, 1.54) is 13.3 Å². The van der Waals surface area contributed by atoms with E-state index < -0.39 is 34.7 Å². The van der Waals surface area contributed by atoms with Crippen LogP contribution in [0.4, 0.5) is 0 Å². The van der Waals surface area contributed by atoms with Gasteiger partial charge in [-0.05, 0) is 44.9 Å². The van der Waals surface area contributed by atoms with Gasteiger partial charge in [-0.15, -0.1) is 0 Å². The summed E-state index contributed by atoms with van der Waals surface area (Å²) in [7, 11) is 0. The number of carboxylic acids is 1. The molecule has 0 bridgehead atoms. The summed E-state index contributed by atoms with van der Waals surface area (Å²) in [5.74, 6) is -2.82. The van der Waals surface area contributed by atoms with Crippen LogP contribution in [0.5, 0.6) is 0 Å². The average molecular weight is 801 g/mol. The van der Waals surface area contributed by atoms with Crippen LogP contribution < -0.4 is 0 Å². The lowest BCUT2D eigenvalue weighted by molar-refractivity contribution is -0.163. The third-order valence-electron chi connectivity index (χ3n) is 9.96. The largest absolute Gasteiger partial charge is 0.481 e. The van der Waals surface area contributed by atoms with Crippen LogP contribution in [0.2, 0.25) is 0 Å². The van der Waals surface area contributed by atoms with Gasteiger partial charge in [-0.1, -0.05) is 91.4 Å². The normalized spacial score (nSPS) is 13.1. The molecule has 0 spiro atoms. The van der Waals surface area contributed by atoms with Gasteiger partial charge in [0.25, 0.3) is 6.47 Å². The lowest BCUT2D eigenvalue weighted by Gasteiger charge is -2.31. The van der Waals surface area contributed by atoms with Crippen molar-refractivity contribution < 1.29 is 67.1 Å². The molecule has 14 nitrogen and oxygen atoms in total. The zero-order valence-corrected chi connectivity index (χ0v) is 34.8. The zero-order valence-electron chi connectivity index (χ0n) is 34.8. The fraction of sp³-hybridized carbons (Fsp3) is 0.833. The maximum atomic E-state index is 12.6. The molecule has 0 radical (unpaired) electrons. The number of rotatable bonds is 38. The van der Waals surface area contributed by atoms with Gasteiger partial charge in [0.05, 0.1) is 10.8 Å². The fourth-order valence-electron chi connectivity index (χ4n) is 5.75. The maximum Gasteiger partial charge on any atom is 0.305 e. The molecule has 0 aliphatic carbocycles. The van der Waals surface area contributed by atoms with Gasteiger partial charge < -0.3 is 33.5 Å². The molecule has 0 rings (SSSR count). The van der Waals surface area contributed by atoms with Crippen LogP contribution in [0, 0.1) is 10.8 Å². The number of unbranched alkanes of at least 4 members (excludes halogenated alkanes) is 13. The highest BCUT2D eigenvalue weighted by molar-refractivity contribution is 5.71. The van der Waals surface area contributed by atoms with Crippen LogP contribution in [0.15, 0.2) is 0 Å². The van der Waals surface area contributed by atoms with E-state index in [-0.39, 0.29) is 77.3 Å². The van der Waals surface area contributed by atoms with Gasteiger partial charge in [0.1, 0.15) is 39.6 Å². The number of carbonyl (C=O) groups excluding carboxylic acids is 6. The minimum Gasteiger partial charge on any atom is -0.481 e. The summed E-state index contributed by atoms with van der Waals surface area (Å²) < 4.78 is 32.3. The SMILES string of the molecule is CCCCCCCCC(=O)OCC(CC)(COC=O)COC(=O)CCCCCCCC(=O)OCC(CC)(COC(C)=O)COC(=O)CCCCCCCC(=O)O. The first-order valence-electron chi connectivity index (χ1n) is 20.9. The summed E-state index contributed by atoms with van der Waals surface area (Å²) in [6.45, 7) is 7.18. The third-order valence-corrected chi connectivity index (χ3v) is 9.96. The smallest absolute Gasteiger partial charge is 0.305 e. The predicted octanol–water partition coefficient (Wildman–Crippen LogP) is 7.98. The molecule has 14 heteroatoms. The number of ether oxygens (including phenoxy) is 6. The number of aliphatic carboxylic acids is 1. The van der Waals surface area contributed by atoms with Gasteiger partial charge in [-0.25, -0.2) is 0 Å². The summed E-state index contributed by atoms with van der Waals surface area (Å²) in [5, 5.41) is 8.71. The number of hydrogen-bond donors (Lipinski definition) is 1. The van der Waals surface area contributed by atoms with Crippen LogP contribution in [-0.2, 0) is 62.0 Å². The molecule has 0 amide bonds. The summed E-state index contributed by atoms with van der Waals surface area (Å²) in [6, 6.07) is 0. The minimum atomic E-state index is -0.877. The summed E-state index contributed by atoms with van der Waals surface area (Å²) in [6.07, 6.45) is 15.4. The zero-order chi connectivity index (χ0) is 41.9. The Kier molecular flexibility index (Phi) is 31.2. The van der Waals surface area contributed by atoms with Crippen LogP contribution in [0.3, 0.4) is 0 Å². The minimum absolute atomic E-state index is 0.0122. The van der Waals surface area contributed by atoms with Gasteiger partial charge in [-0.3, -0.25) is 33.6 Å². The van der Waals surface area contributed by atoms with Crippen molar-refractivity contribution in [2.24, 2.45) is 10.8 Å². The molecule has 0 aromatic heterocycles. The second kappa shape index (κ2) is 33.4. The Labute approximate surface area is 334 Å². The molecular formula is C42H72O14. The topological polar surface area (TPSA) is 195 Å². The van der Waals surface area contributed by atoms with E-state index in [1.54, 1.807) is 0 Å². The van der Waals surface area contributed by atoms with E-state index in [1.807, 2.05) is 13.8 Å². The van der Waals surface area contributed by atoms with Crippen molar-refractivity contribution in [3.63, 3.8) is 0 Å². The van der Waals surface area contributed by atoms with E-state index in [2.05, 4.69) is 6.92 Å². The Morgan fingerprint density at radius 3 is 1.05 bits per heavy atom. The molecule has 0 aromatic carbocycles. The van der Waals surface area contributed by atoms with Crippen molar-refractivity contribution in [3.8, 4) is 0 Å². The molecule has 56 heavy (non-hydrogen) atoms. The second-order valence-corrected chi connectivity index (χ2v) is 15.0. The molecule has 0 saturated heterocycles. The number of carboxylic acid groups (broad SMARTS) is 1. The van der Waals surface area contributed by atoms with Gasteiger partial charge >= 0.3 is 35.8 Å². The van der Waals surface area contributed by atoms with Crippen molar-refractivity contribution in [2.45, 2.75) is 175 Å². The predicted molar refractivity (Wildman–Crippen MR) is 208 cm³/mol. The van der Waals surface area contributed by atoms with Crippen LogP contribution >= 0.6 is 0 Å². The van der Waals surface area contributed by atoms with E-state index >= 15 is 0 Å². The monoisotopic (exact) mass is 800 g/mol. The molecule has 0 heterocycles. The molecule has 2 atom stereocenters. The third kappa shape index (κ3) is 28.7. The number of esters is 5. The van der Waals surface area contributed by atoms with Crippen molar-refractivity contribution in [2.75, 3.05) is 39.6 Å². The van der Waals surface area contributed by atoms with E-state index in [0.29, 0.717) is 51.4 Å². The molecule has 0 aliphatic heterocycles. The average Bonchev–Trinajstić information content (AvgIpc) is 3.18. The lowest BCUT2D eigenvalue weighted by atomic mass is 9.88. The highest BCUT2D eigenvalue weighted by Crippen LogP contribution is 2.26. The lowest BCUT2D eigenvalue weighted by Crippen LogP contribution is -2.39. The highest BCUT2D eigenvalue weighted by Gasteiger charge is 2.35. The Bertz CT molecular complexity index is 1120. The molecule has 324 valence electrons. The molecule has 1 N–H and O–H groups in total. The van der Waals surface area contributed by atoms with Crippen molar-refractivity contribution in [1.29, 1.82) is 0 Å².